The van der Waals surface area contributed by atoms with Gasteiger partial charge in [-0.15, -0.1) is 0 Å². The van der Waals surface area contributed by atoms with Gasteiger partial charge < -0.3 is 4.98 Å². The van der Waals surface area contributed by atoms with Gasteiger partial charge in [0.15, 0.2) is 0 Å². The van der Waals surface area contributed by atoms with E-state index in [1.807, 2.05) is 0 Å². The number of hydrogen-bond acceptors (Lipinski definition) is 3. The van der Waals surface area contributed by atoms with Crippen LogP contribution in [0.25, 0.3) is 11.3 Å². The standard InChI is InChI=1S/C16H22N2OS/c1-5-18(6-2)10-14-15(17-16(19)20-14)13-8-7-11(3)12(4)9-13/h7-9H,5-6,10H2,1-4H3,(H,17,19). The fraction of sp³-hybridized carbons (Fsp3) is 0.438. The van der Waals surface area contributed by atoms with Gasteiger partial charge in [0.25, 0.3) is 0 Å². The van der Waals surface area contributed by atoms with Gasteiger partial charge in [0, 0.05) is 11.4 Å². The zero-order valence-corrected chi connectivity index (χ0v) is 13.4. The van der Waals surface area contributed by atoms with Crippen molar-refractivity contribution in [3.05, 3.63) is 43.9 Å². The number of rotatable bonds is 5. The Kier molecular flexibility index (Phi) is 4.78. The molecule has 1 N–H and O–H groups in total. The molecule has 3 nitrogen and oxygen atoms in total. The number of aryl methyl sites for hydroxylation is 2. The van der Waals surface area contributed by atoms with Gasteiger partial charge in [-0.1, -0.05) is 37.3 Å². The second-order valence-electron chi connectivity index (χ2n) is 5.07. The first-order chi connectivity index (χ1) is 9.55. The molecule has 0 aliphatic carbocycles. The summed E-state index contributed by atoms with van der Waals surface area (Å²) in [6.45, 7) is 11.3. The third-order valence-corrected chi connectivity index (χ3v) is 4.65. The highest BCUT2D eigenvalue weighted by Gasteiger charge is 2.13. The Labute approximate surface area is 124 Å². The number of aromatic amines is 1. The summed E-state index contributed by atoms with van der Waals surface area (Å²) in [7, 11) is 0. The Bertz CT molecular complexity index is 638. The molecule has 20 heavy (non-hydrogen) atoms. The highest BCUT2D eigenvalue weighted by Crippen LogP contribution is 2.26. The molecule has 0 saturated heterocycles. The van der Waals surface area contributed by atoms with E-state index in [1.165, 1.54) is 22.5 Å². The highest BCUT2D eigenvalue weighted by molar-refractivity contribution is 7.09. The minimum absolute atomic E-state index is 0.0281. The SMILES string of the molecule is CCN(CC)Cc1sc(=O)[nH]c1-c1ccc(C)c(C)c1. The monoisotopic (exact) mass is 290 g/mol. The maximum absolute atomic E-state index is 11.7. The average molecular weight is 290 g/mol. The molecule has 0 amide bonds. The van der Waals surface area contributed by atoms with E-state index in [0.717, 1.165) is 35.8 Å². The molecule has 0 spiro atoms. The van der Waals surface area contributed by atoms with Gasteiger partial charge in [0.2, 0.25) is 0 Å². The van der Waals surface area contributed by atoms with E-state index in [4.69, 9.17) is 0 Å². The van der Waals surface area contributed by atoms with E-state index < -0.39 is 0 Å². The van der Waals surface area contributed by atoms with Crippen molar-refractivity contribution in [1.82, 2.24) is 9.88 Å². The van der Waals surface area contributed by atoms with Crippen molar-refractivity contribution in [3.63, 3.8) is 0 Å². The summed E-state index contributed by atoms with van der Waals surface area (Å²) < 4.78 is 0. The van der Waals surface area contributed by atoms with E-state index in [0.29, 0.717) is 0 Å². The molecule has 0 fully saturated rings. The maximum atomic E-state index is 11.7. The van der Waals surface area contributed by atoms with Crippen LogP contribution in [0.1, 0.15) is 29.9 Å². The van der Waals surface area contributed by atoms with Crippen LogP contribution < -0.4 is 4.87 Å². The minimum atomic E-state index is 0.0281. The van der Waals surface area contributed by atoms with Crippen LogP contribution in [0.5, 0.6) is 0 Å². The van der Waals surface area contributed by atoms with Crippen LogP contribution >= 0.6 is 11.3 Å². The second kappa shape index (κ2) is 6.37. The van der Waals surface area contributed by atoms with Crippen molar-refractivity contribution < 1.29 is 0 Å². The number of nitrogens with one attached hydrogen (secondary N) is 1. The molecule has 108 valence electrons. The van der Waals surface area contributed by atoms with Gasteiger partial charge in [0.05, 0.1) is 5.69 Å². The number of H-pyrrole nitrogens is 1. The van der Waals surface area contributed by atoms with Crippen LogP contribution in [0.2, 0.25) is 0 Å². The van der Waals surface area contributed by atoms with E-state index >= 15 is 0 Å². The quantitative estimate of drug-likeness (QED) is 0.914. The smallest absolute Gasteiger partial charge is 0.305 e. The molecule has 2 aromatic rings. The Morgan fingerprint density at radius 2 is 1.85 bits per heavy atom. The minimum Gasteiger partial charge on any atom is -0.312 e. The topological polar surface area (TPSA) is 36.1 Å². The first-order valence-corrected chi connectivity index (χ1v) is 7.88. The van der Waals surface area contributed by atoms with Crippen molar-refractivity contribution >= 4 is 11.3 Å². The molecule has 4 heteroatoms. The second-order valence-corrected chi connectivity index (χ2v) is 6.14. The summed E-state index contributed by atoms with van der Waals surface area (Å²) in [4.78, 5) is 18.2. The first-order valence-electron chi connectivity index (χ1n) is 7.07. The molecule has 1 aromatic heterocycles. The molecule has 0 saturated carbocycles. The maximum Gasteiger partial charge on any atom is 0.305 e. The molecule has 1 heterocycles. The third kappa shape index (κ3) is 3.19. The molecular weight excluding hydrogens is 268 g/mol. The number of benzene rings is 1. The fourth-order valence-corrected chi connectivity index (χ4v) is 3.15. The predicted molar refractivity (Wildman–Crippen MR) is 86.5 cm³/mol. The largest absolute Gasteiger partial charge is 0.312 e. The molecule has 0 unspecified atom stereocenters. The summed E-state index contributed by atoms with van der Waals surface area (Å²) in [5.74, 6) is 0. The Morgan fingerprint density at radius 3 is 2.45 bits per heavy atom. The molecule has 0 atom stereocenters. The fourth-order valence-electron chi connectivity index (χ4n) is 2.25. The van der Waals surface area contributed by atoms with Gasteiger partial charge in [0.1, 0.15) is 0 Å². The summed E-state index contributed by atoms with van der Waals surface area (Å²) >= 11 is 1.33. The van der Waals surface area contributed by atoms with Gasteiger partial charge in [-0.3, -0.25) is 9.69 Å². The summed E-state index contributed by atoms with van der Waals surface area (Å²) in [6.07, 6.45) is 0. The summed E-state index contributed by atoms with van der Waals surface area (Å²) in [5.41, 5.74) is 4.61. The molecular formula is C16H22N2OS. The van der Waals surface area contributed by atoms with Crippen molar-refractivity contribution in [2.75, 3.05) is 13.1 Å². The summed E-state index contributed by atoms with van der Waals surface area (Å²) in [6, 6.07) is 6.35. The van der Waals surface area contributed by atoms with Crippen molar-refractivity contribution in [2.24, 2.45) is 0 Å². The molecule has 2 rings (SSSR count). The number of aromatic nitrogens is 1. The highest BCUT2D eigenvalue weighted by atomic mass is 32.1. The Morgan fingerprint density at radius 1 is 1.15 bits per heavy atom. The zero-order chi connectivity index (χ0) is 14.7. The number of thiazole rings is 1. The van der Waals surface area contributed by atoms with Gasteiger partial charge in [-0.2, -0.15) is 0 Å². The van der Waals surface area contributed by atoms with Crippen LogP contribution in [0, 0.1) is 13.8 Å². The van der Waals surface area contributed by atoms with Crippen LogP contribution in [0.15, 0.2) is 23.0 Å². The lowest BCUT2D eigenvalue weighted by Gasteiger charge is -2.17. The van der Waals surface area contributed by atoms with Gasteiger partial charge in [-0.05, 0) is 49.7 Å². The van der Waals surface area contributed by atoms with Gasteiger partial charge in [-0.25, -0.2) is 0 Å². The normalized spacial score (nSPS) is 11.2. The Hall–Kier alpha value is -1.39. The number of nitrogens with zero attached hydrogens (tertiary/aromatic N) is 1. The first kappa shape index (κ1) is 15.0. The number of hydrogen-bond donors (Lipinski definition) is 1. The van der Waals surface area contributed by atoms with E-state index in [2.05, 4.69) is 55.8 Å². The average Bonchev–Trinajstić information content (AvgIpc) is 2.80. The van der Waals surface area contributed by atoms with Crippen LogP contribution in [0.4, 0.5) is 0 Å². The molecule has 0 aliphatic rings. The van der Waals surface area contributed by atoms with E-state index in [-0.39, 0.29) is 4.87 Å². The summed E-state index contributed by atoms with van der Waals surface area (Å²) in [5, 5.41) is 0. The predicted octanol–water partition coefficient (Wildman–Crippen LogP) is 3.56. The van der Waals surface area contributed by atoms with Crippen molar-refractivity contribution in [1.29, 1.82) is 0 Å². The van der Waals surface area contributed by atoms with Crippen LogP contribution in [-0.4, -0.2) is 23.0 Å². The third-order valence-electron chi connectivity index (χ3n) is 3.78. The lowest BCUT2D eigenvalue weighted by Crippen LogP contribution is -2.21. The van der Waals surface area contributed by atoms with Crippen molar-refractivity contribution in [3.8, 4) is 11.3 Å². The van der Waals surface area contributed by atoms with Gasteiger partial charge >= 0.3 is 4.87 Å². The van der Waals surface area contributed by atoms with Crippen molar-refractivity contribution in [2.45, 2.75) is 34.2 Å². The van der Waals surface area contributed by atoms with Crippen LogP contribution in [0.3, 0.4) is 0 Å². The molecule has 1 aromatic carbocycles. The molecule has 0 aliphatic heterocycles. The molecule has 0 radical (unpaired) electrons. The zero-order valence-electron chi connectivity index (χ0n) is 12.6. The van der Waals surface area contributed by atoms with E-state index in [9.17, 15) is 4.79 Å². The lowest BCUT2D eigenvalue weighted by molar-refractivity contribution is 0.298. The lowest BCUT2D eigenvalue weighted by atomic mass is 10.0. The van der Waals surface area contributed by atoms with Crippen LogP contribution in [-0.2, 0) is 6.54 Å². The molecule has 0 bridgehead atoms. The Balaban J connectivity index is 2.41. The van der Waals surface area contributed by atoms with E-state index in [1.54, 1.807) is 0 Å².